The lowest BCUT2D eigenvalue weighted by Gasteiger charge is -2.23. The molecule has 120 valence electrons. The summed E-state index contributed by atoms with van der Waals surface area (Å²) < 4.78 is 18.6. The lowest BCUT2D eigenvalue weighted by atomic mass is 10.0. The Morgan fingerprint density at radius 1 is 1.45 bits per heavy atom. The number of nitrogens with one attached hydrogen (secondary N) is 2. The average molecular weight is 349 g/mol. The van der Waals surface area contributed by atoms with Crippen molar-refractivity contribution in [2.75, 3.05) is 13.1 Å². The molecule has 0 atom stereocenters. The van der Waals surface area contributed by atoms with Gasteiger partial charge in [0.1, 0.15) is 12.1 Å². The lowest BCUT2D eigenvalue weighted by Crippen LogP contribution is -2.40. The van der Waals surface area contributed by atoms with Crippen LogP contribution in [0.5, 0.6) is 0 Å². The van der Waals surface area contributed by atoms with Gasteiger partial charge in [0, 0.05) is 19.3 Å². The number of hydrogen-bond acceptors (Lipinski definition) is 5. The van der Waals surface area contributed by atoms with Crippen molar-refractivity contribution < 1.29 is 13.6 Å². The van der Waals surface area contributed by atoms with Gasteiger partial charge in [-0.15, -0.1) is 24.8 Å². The molecule has 22 heavy (non-hydrogen) atoms. The van der Waals surface area contributed by atoms with E-state index >= 15 is 0 Å². The third kappa shape index (κ3) is 3.94. The minimum absolute atomic E-state index is 0. The van der Waals surface area contributed by atoms with Crippen molar-refractivity contribution in [3.8, 4) is 0 Å². The Morgan fingerprint density at radius 3 is 2.86 bits per heavy atom. The molecule has 1 aliphatic heterocycles. The Hall–Kier alpha value is -1.70. The maximum Gasteiger partial charge on any atom is 0.273 e. The number of halogens is 3. The minimum Gasteiger partial charge on any atom is -0.448 e. The van der Waals surface area contributed by atoms with Crippen molar-refractivity contribution >= 4 is 30.7 Å². The Labute approximate surface area is 138 Å². The van der Waals surface area contributed by atoms with E-state index in [0.717, 1.165) is 13.1 Å². The number of rotatable bonds is 4. The second-order valence-electron chi connectivity index (χ2n) is 4.54. The predicted molar refractivity (Wildman–Crippen MR) is 82.0 cm³/mol. The molecule has 1 fully saturated rings. The highest BCUT2D eigenvalue weighted by Crippen LogP contribution is 2.18. The summed E-state index contributed by atoms with van der Waals surface area (Å²) in [5.74, 6) is -0.0748. The number of aromatic nitrogens is 2. The van der Waals surface area contributed by atoms with Gasteiger partial charge in [0.25, 0.3) is 5.91 Å². The summed E-state index contributed by atoms with van der Waals surface area (Å²) in [6.07, 6.45) is 2.79. The Morgan fingerprint density at radius 2 is 2.23 bits per heavy atom. The van der Waals surface area contributed by atoms with Crippen LogP contribution in [0, 0.1) is 5.82 Å². The molecular formula is C13H15Cl2FN4O2. The molecular weight excluding hydrogens is 334 g/mol. The summed E-state index contributed by atoms with van der Waals surface area (Å²) in [4.78, 5) is 19.9. The molecule has 1 amide bonds. The van der Waals surface area contributed by atoms with Gasteiger partial charge in [0.15, 0.2) is 11.6 Å². The van der Waals surface area contributed by atoms with Crippen LogP contribution in [0.2, 0.25) is 0 Å². The van der Waals surface area contributed by atoms with Gasteiger partial charge in [-0.25, -0.2) is 9.37 Å². The van der Waals surface area contributed by atoms with E-state index in [1.807, 2.05) is 0 Å². The summed E-state index contributed by atoms with van der Waals surface area (Å²) in [5, 5.41) is 5.67. The molecule has 3 heterocycles. The SMILES string of the molecule is Cl.Cl.O=C(NCc1ncccc1F)c1coc(C2CNC2)n1. The van der Waals surface area contributed by atoms with Gasteiger partial charge in [0.05, 0.1) is 18.2 Å². The van der Waals surface area contributed by atoms with Gasteiger partial charge < -0.3 is 15.1 Å². The second kappa shape index (κ2) is 8.07. The molecule has 0 radical (unpaired) electrons. The predicted octanol–water partition coefficient (Wildman–Crippen LogP) is 1.67. The highest BCUT2D eigenvalue weighted by Gasteiger charge is 2.25. The number of carbonyl (C=O) groups excluding carboxylic acids is 1. The number of carbonyl (C=O) groups is 1. The standard InChI is InChI=1S/C13H13FN4O2.2ClH/c14-9-2-1-3-16-10(9)6-17-12(19)11-7-20-13(18-11)8-4-15-5-8;;/h1-3,7-8,15H,4-6H2,(H,17,19);2*1H. The van der Waals surface area contributed by atoms with Gasteiger partial charge in [-0.1, -0.05) is 0 Å². The zero-order valence-corrected chi connectivity index (χ0v) is 13.0. The van der Waals surface area contributed by atoms with Crippen LogP contribution in [-0.4, -0.2) is 29.0 Å². The monoisotopic (exact) mass is 348 g/mol. The Balaban J connectivity index is 0.00000121. The van der Waals surface area contributed by atoms with Crippen molar-refractivity contribution in [3.05, 3.63) is 47.7 Å². The highest BCUT2D eigenvalue weighted by atomic mass is 35.5. The van der Waals surface area contributed by atoms with Crippen LogP contribution in [0.25, 0.3) is 0 Å². The Kier molecular flexibility index (Phi) is 6.73. The molecule has 0 aliphatic carbocycles. The van der Waals surface area contributed by atoms with E-state index in [4.69, 9.17) is 4.42 Å². The second-order valence-corrected chi connectivity index (χ2v) is 4.54. The summed E-state index contributed by atoms with van der Waals surface area (Å²) in [5.41, 5.74) is 0.385. The molecule has 2 aromatic heterocycles. The average Bonchev–Trinajstić information content (AvgIpc) is 2.85. The smallest absolute Gasteiger partial charge is 0.273 e. The van der Waals surface area contributed by atoms with E-state index in [2.05, 4.69) is 20.6 Å². The van der Waals surface area contributed by atoms with Crippen molar-refractivity contribution in [2.45, 2.75) is 12.5 Å². The van der Waals surface area contributed by atoms with E-state index in [-0.39, 0.29) is 48.7 Å². The molecule has 0 aromatic carbocycles. The summed E-state index contributed by atoms with van der Waals surface area (Å²) in [6, 6.07) is 2.80. The van der Waals surface area contributed by atoms with Crippen LogP contribution < -0.4 is 10.6 Å². The first-order chi connectivity index (χ1) is 9.74. The first-order valence-corrected chi connectivity index (χ1v) is 6.28. The van der Waals surface area contributed by atoms with E-state index in [1.54, 1.807) is 0 Å². The van der Waals surface area contributed by atoms with Gasteiger partial charge in [-0.3, -0.25) is 9.78 Å². The molecule has 1 saturated heterocycles. The summed E-state index contributed by atoms with van der Waals surface area (Å²) in [7, 11) is 0. The maximum absolute atomic E-state index is 13.4. The molecule has 0 saturated carbocycles. The van der Waals surface area contributed by atoms with Crippen LogP contribution >= 0.6 is 24.8 Å². The number of amides is 1. The maximum atomic E-state index is 13.4. The van der Waals surface area contributed by atoms with Gasteiger partial charge in [-0.05, 0) is 12.1 Å². The summed E-state index contributed by atoms with van der Waals surface area (Å²) >= 11 is 0. The molecule has 0 spiro atoms. The zero-order chi connectivity index (χ0) is 13.9. The molecule has 2 N–H and O–H groups in total. The molecule has 3 rings (SSSR count). The summed E-state index contributed by atoms with van der Waals surface area (Å²) in [6.45, 7) is 1.63. The van der Waals surface area contributed by atoms with Crippen molar-refractivity contribution in [2.24, 2.45) is 0 Å². The molecule has 0 unspecified atom stereocenters. The fourth-order valence-electron chi connectivity index (χ4n) is 1.85. The van der Waals surface area contributed by atoms with Gasteiger partial charge in [-0.2, -0.15) is 0 Å². The van der Waals surface area contributed by atoms with Gasteiger partial charge >= 0.3 is 0 Å². The quantitative estimate of drug-likeness (QED) is 0.878. The fraction of sp³-hybridized carbons (Fsp3) is 0.308. The minimum atomic E-state index is -0.450. The zero-order valence-electron chi connectivity index (χ0n) is 11.4. The van der Waals surface area contributed by atoms with E-state index in [9.17, 15) is 9.18 Å². The third-order valence-electron chi connectivity index (χ3n) is 3.14. The number of pyridine rings is 1. The van der Waals surface area contributed by atoms with Crippen LogP contribution in [0.15, 0.2) is 29.0 Å². The van der Waals surface area contributed by atoms with Crippen molar-refractivity contribution in [1.82, 2.24) is 20.6 Å². The van der Waals surface area contributed by atoms with Crippen molar-refractivity contribution in [3.63, 3.8) is 0 Å². The molecule has 2 aromatic rings. The van der Waals surface area contributed by atoms with E-state index < -0.39 is 11.7 Å². The Bertz CT molecular complexity index is 634. The van der Waals surface area contributed by atoms with Crippen LogP contribution in [0.1, 0.15) is 28.0 Å². The van der Waals surface area contributed by atoms with Crippen LogP contribution in [-0.2, 0) is 6.54 Å². The third-order valence-corrected chi connectivity index (χ3v) is 3.14. The first-order valence-electron chi connectivity index (χ1n) is 6.28. The normalized spacial score (nSPS) is 13.5. The van der Waals surface area contributed by atoms with E-state index in [1.165, 1.54) is 24.6 Å². The van der Waals surface area contributed by atoms with Crippen LogP contribution in [0.4, 0.5) is 4.39 Å². The number of hydrogen-bond donors (Lipinski definition) is 2. The molecule has 1 aliphatic rings. The van der Waals surface area contributed by atoms with E-state index in [0.29, 0.717) is 5.89 Å². The first kappa shape index (κ1) is 18.3. The number of nitrogens with zero attached hydrogens (tertiary/aromatic N) is 2. The highest BCUT2D eigenvalue weighted by molar-refractivity contribution is 5.91. The van der Waals surface area contributed by atoms with Gasteiger partial charge in [0.2, 0.25) is 0 Å². The van der Waals surface area contributed by atoms with Crippen LogP contribution in [0.3, 0.4) is 0 Å². The lowest BCUT2D eigenvalue weighted by molar-refractivity contribution is 0.0945. The largest absolute Gasteiger partial charge is 0.448 e. The molecule has 6 nitrogen and oxygen atoms in total. The number of oxazole rings is 1. The molecule has 9 heteroatoms. The molecule has 0 bridgehead atoms. The topological polar surface area (TPSA) is 80.0 Å². The van der Waals surface area contributed by atoms with Crippen molar-refractivity contribution in [1.29, 1.82) is 0 Å². The fourth-order valence-corrected chi connectivity index (χ4v) is 1.85.